The van der Waals surface area contributed by atoms with Gasteiger partial charge >= 0.3 is 5.97 Å². The van der Waals surface area contributed by atoms with Gasteiger partial charge in [0.15, 0.2) is 0 Å². The molecular formula is C24H33N3O3S. The summed E-state index contributed by atoms with van der Waals surface area (Å²) in [4.78, 5) is 29.8. The molecule has 1 amide bonds. The maximum atomic E-state index is 13.4. The van der Waals surface area contributed by atoms with Gasteiger partial charge in [-0.2, -0.15) is 0 Å². The second kappa shape index (κ2) is 8.39. The third kappa shape index (κ3) is 3.99. The summed E-state index contributed by atoms with van der Waals surface area (Å²) in [5.74, 6) is 3.04. The minimum atomic E-state index is -0.807. The molecule has 2 heterocycles. The number of aliphatic carboxylic acids is 1. The number of carboxylic acid groups (broad SMARTS) is 1. The number of amides is 1. The molecule has 1 aliphatic heterocycles. The highest BCUT2D eigenvalue weighted by Crippen LogP contribution is 2.53. The number of hydrogen-bond acceptors (Lipinski definition) is 5. The SMILES string of the molecule is CCSc1nc([C@@]2(CC(=O)O)CCNC2)ccc1C(=O)NC1C2CC3CC(C2)CC1C3. The van der Waals surface area contributed by atoms with E-state index in [1.54, 1.807) is 11.8 Å². The number of carboxylic acids is 1. The summed E-state index contributed by atoms with van der Waals surface area (Å²) in [6.07, 6.45) is 7.31. The molecule has 1 atom stereocenters. The van der Waals surface area contributed by atoms with Crippen LogP contribution in [0, 0.1) is 23.7 Å². The number of nitrogens with one attached hydrogen (secondary N) is 2. The van der Waals surface area contributed by atoms with Crippen LogP contribution in [-0.4, -0.2) is 46.9 Å². The van der Waals surface area contributed by atoms with Crippen LogP contribution in [0.3, 0.4) is 0 Å². The number of pyridine rings is 1. The molecule has 0 radical (unpaired) electrons. The monoisotopic (exact) mass is 443 g/mol. The van der Waals surface area contributed by atoms with Crippen molar-refractivity contribution in [3.63, 3.8) is 0 Å². The third-order valence-corrected chi connectivity index (χ3v) is 9.06. The standard InChI is InChI=1S/C24H33N3O3S/c1-2-31-23-18(3-4-19(26-23)24(12-20(28)29)5-6-25-13-24)22(30)27-21-16-8-14-7-15(10-16)11-17(21)9-14/h3-4,14-17,21,25H,2,5-13H2,1H3,(H,27,30)(H,28,29)/t14?,15?,16?,17?,21?,24-/m1/s1. The highest BCUT2D eigenvalue weighted by molar-refractivity contribution is 7.99. The number of carbonyl (C=O) groups is 2. The molecule has 0 aromatic carbocycles. The Morgan fingerprint density at radius 2 is 1.90 bits per heavy atom. The van der Waals surface area contributed by atoms with Crippen molar-refractivity contribution in [2.45, 2.75) is 68.4 Å². The van der Waals surface area contributed by atoms with Gasteiger partial charge in [-0.15, -0.1) is 11.8 Å². The summed E-state index contributed by atoms with van der Waals surface area (Å²) in [6.45, 7) is 3.46. The zero-order valence-corrected chi connectivity index (χ0v) is 19.0. The van der Waals surface area contributed by atoms with Crippen LogP contribution in [-0.2, 0) is 10.2 Å². The first-order valence-corrected chi connectivity index (χ1v) is 12.8. The van der Waals surface area contributed by atoms with Crippen LogP contribution in [0.5, 0.6) is 0 Å². The van der Waals surface area contributed by atoms with Crippen molar-refractivity contribution >= 4 is 23.6 Å². The van der Waals surface area contributed by atoms with Gasteiger partial charge in [-0.1, -0.05) is 6.92 Å². The molecule has 0 spiro atoms. The number of thioether (sulfide) groups is 1. The topological polar surface area (TPSA) is 91.3 Å². The Hall–Kier alpha value is -1.60. The molecule has 1 aromatic heterocycles. The fraction of sp³-hybridized carbons (Fsp3) is 0.708. The lowest BCUT2D eigenvalue weighted by Crippen LogP contribution is -2.55. The summed E-state index contributed by atoms with van der Waals surface area (Å²) < 4.78 is 0. The van der Waals surface area contributed by atoms with Gasteiger partial charge in [0.1, 0.15) is 5.03 Å². The summed E-state index contributed by atoms with van der Waals surface area (Å²) in [6, 6.07) is 4.08. The second-order valence-corrected chi connectivity index (χ2v) is 11.4. The smallest absolute Gasteiger partial charge is 0.304 e. The molecular weight excluding hydrogens is 410 g/mol. The molecule has 5 fully saturated rings. The fourth-order valence-corrected chi connectivity index (χ4v) is 7.79. The van der Waals surface area contributed by atoms with Crippen molar-refractivity contribution < 1.29 is 14.7 Å². The van der Waals surface area contributed by atoms with Crippen LogP contribution in [0.25, 0.3) is 0 Å². The third-order valence-electron chi connectivity index (χ3n) is 8.19. The normalized spacial score (nSPS) is 36.0. The van der Waals surface area contributed by atoms with E-state index in [0.717, 1.165) is 41.3 Å². The lowest BCUT2D eigenvalue weighted by molar-refractivity contribution is -0.138. The zero-order valence-electron chi connectivity index (χ0n) is 18.2. The average Bonchev–Trinajstić information content (AvgIpc) is 3.19. The Morgan fingerprint density at radius 3 is 2.48 bits per heavy atom. The zero-order chi connectivity index (χ0) is 21.6. The highest BCUT2D eigenvalue weighted by atomic mass is 32.2. The maximum Gasteiger partial charge on any atom is 0.304 e. The number of rotatable bonds is 7. The quantitative estimate of drug-likeness (QED) is 0.559. The summed E-state index contributed by atoms with van der Waals surface area (Å²) >= 11 is 1.57. The van der Waals surface area contributed by atoms with Gasteiger partial charge in [0.2, 0.25) is 0 Å². The van der Waals surface area contributed by atoms with Crippen molar-refractivity contribution in [1.82, 2.24) is 15.6 Å². The number of aromatic nitrogens is 1. The molecule has 168 valence electrons. The lowest BCUT2D eigenvalue weighted by atomic mass is 9.54. The molecule has 6 nitrogen and oxygen atoms in total. The summed E-state index contributed by atoms with van der Waals surface area (Å²) in [5, 5.41) is 16.9. The van der Waals surface area contributed by atoms with E-state index in [2.05, 4.69) is 17.6 Å². The molecule has 4 bridgehead atoms. The Kier molecular flexibility index (Phi) is 5.76. The van der Waals surface area contributed by atoms with Crippen LogP contribution in [0.4, 0.5) is 0 Å². The second-order valence-electron chi connectivity index (χ2n) is 10.2. The van der Waals surface area contributed by atoms with Crippen molar-refractivity contribution in [3.05, 3.63) is 23.4 Å². The molecule has 1 saturated heterocycles. The van der Waals surface area contributed by atoms with Crippen LogP contribution in [0.15, 0.2) is 17.2 Å². The molecule has 7 heteroatoms. The molecule has 5 aliphatic rings. The van der Waals surface area contributed by atoms with Gasteiger partial charge in [0.05, 0.1) is 12.0 Å². The minimum Gasteiger partial charge on any atom is -0.481 e. The largest absolute Gasteiger partial charge is 0.481 e. The number of hydrogen-bond donors (Lipinski definition) is 3. The van der Waals surface area contributed by atoms with E-state index in [4.69, 9.17) is 4.98 Å². The van der Waals surface area contributed by atoms with Crippen molar-refractivity contribution in [2.75, 3.05) is 18.8 Å². The predicted octanol–water partition coefficient (Wildman–Crippen LogP) is 3.45. The molecule has 1 aromatic rings. The van der Waals surface area contributed by atoms with Crippen LogP contribution in [0.2, 0.25) is 0 Å². The van der Waals surface area contributed by atoms with Crippen LogP contribution in [0.1, 0.15) is 67.9 Å². The number of nitrogens with zero attached hydrogens (tertiary/aromatic N) is 1. The molecule has 6 rings (SSSR count). The van der Waals surface area contributed by atoms with E-state index in [1.165, 1.54) is 32.1 Å². The van der Waals surface area contributed by atoms with E-state index >= 15 is 0 Å². The van der Waals surface area contributed by atoms with Crippen LogP contribution >= 0.6 is 11.8 Å². The van der Waals surface area contributed by atoms with E-state index in [0.29, 0.717) is 30.0 Å². The first-order chi connectivity index (χ1) is 15.0. The van der Waals surface area contributed by atoms with Crippen molar-refractivity contribution in [1.29, 1.82) is 0 Å². The van der Waals surface area contributed by atoms with E-state index in [-0.39, 0.29) is 12.3 Å². The Labute approximate surface area is 188 Å². The minimum absolute atomic E-state index is 0.00990. The van der Waals surface area contributed by atoms with Gasteiger partial charge in [-0.25, -0.2) is 4.98 Å². The van der Waals surface area contributed by atoms with Gasteiger partial charge < -0.3 is 15.7 Å². The predicted molar refractivity (Wildman–Crippen MR) is 120 cm³/mol. The van der Waals surface area contributed by atoms with Crippen molar-refractivity contribution in [3.8, 4) is 0 Å². The van der Waals surface area contributed by atoms with Gasteiger partial charge in [-0.05, 0) is 86.6 Å². The van der Waals surface area contributed by atoms with E-state index < -0.39 is 11.4 Å². The van der Waals surface area contributed by atoms with Gasteiger partial charge in [0.25, 0.3) is 5.91 Å². The van der Waals surface area contributed by atoms with Gasteiger partial charge in [0, 0.05) is 23.7 Å². The highest BCUT2D eigenvalue weighted by Gasteiger charge is 2.48. The fourth-order valence-electron chi connectivity index (χ4n) is 7.04. The van der Waals surface area contributed by atoms with Crippen LogP contribution < -0.4 is 10.6 Å². The summed E-state index contributed by atoms with van der Waals surface area (Å²) in [7, 11) is 0. The maximum absolute atomic E-state index is 13.4. The molecule has 31 heavy (non-hydrogen) atoms. The molecule has 4 saturated carbocycles. The number of carbonyl (C=O) groups excluding carboxylic acids is 1. The average molecular weight is 444 g/mol. The first kappa shape index (κ1) is 21.3. The first-order valence-electron chi connectivity index (χ1n) is 11.8. The molecule has 4 aliphatic carbocycles. The Bertz CT molecular complexity index is 840. The Morgan fingerprint density at radius 1 is 1.19 bits per heavy atom. The Balaban J connectivity index is 1.38. The molecule has 0 unspecified atom stereocenters. The van der Waals surface area contributed by atoms with E-state index in [9.17, 15) is 14.7 Å². The lowest BCUT2D eigenvalue weighted by Gasteiger charge is -2.54. The van der Waals surface area contributed by atoms with Gasteiger partial charge in [-0.3, -0.25) is 9.59 Å². The van der Waals surface area contributed by atoms with E-state index in [1.807, 2.05) is 12.1 Å². The summed E-state index contributed by atoms with van der Waals surface area (Å²) in [5.41, 5.74) is 0.938. The van der Waals surface area contributed by atoms with Crippen molar-refractivity contribution in [2.24, 2.45) is 23.7 Å². The molecule has 3 N–H and O–H groups in total.